The number of alkyl halides is 3. The van der Waals surface area contributed by atoms with E-state index in [0.717, 1.165) is 23.9 Å². The molecule has 168 valence electrons. The molecule has 0 aliphatic carbocycles. The molecule has 0 spiro atoms. The highest BCUT2D eigenvalue weighted by Crippen LogP contribution is 2.34. The predicted octanol–water partition coefficient (Wildman–Crippen LogP) is 5.26. The molecular formula is C23H16F4N4O2. The van der Waals surface area contributed by atoms with Crippen molar-refractivity contribution in [1.29, 1.82) is 0 Å². The Morgan fingerprint density at radius 2 is 1.85 bits per heavy atom. The van der Waals surface area contributed by atoms with Gasteiger partial charge in [0, 0.05) is 29.7 Å². The van der Waals surface area contributed by atoms with Crippen LogP contribution in [0.5, 0.6) is 5.75 Å². The minimum atomic E-state index is -4.96. The molecule has 0 aliphatic heterocycles. The van der Waals surface area contributed by atoms with Crippen molar-refractivity contribution in [3.63, 3.8) is 0 Å². The number of hydrogen-bond acceptors (Lipinski definition) is 4. The van der Waals surface area contributed by atoms with E-state index in [-0.39, 0.29) is 12.3 Å². The summed E-state index contributed by atoms with van der Waals surface area (Å²) >= 11 is 0. The average molecular weight is 456 g/mol. The number of amides is 1. The Kier molecular flexibility index (Phi) is 6.07. The van der Waals surface area contributed by atoms with E-state index in [2.05, 4.69) is 15.4 Å². The molecule has 33 heavy (non-hydrogen) atoms. The molecule has 0 saturated carbocycles. The van der Waals surface area contributed by atoms with Gasteiger partial charge in [0.1, 0.15) is 23.9 Å². The molecule has 6 nitrogen and oxygen atoms in total. The van der Waals surface area contributed by atoms with Crippen LogP contribution in [0, 0.1) is 5.82 Å². The molecule has 0 radical (unpaired) electrons. The summed E-state index contributed by atoms with van der Waals surface area (Å²) in [6.45, 7) is 0.221. The molecule has 1 N–H and O–H groups in total. The minimum absolute atomic E-state index is 0.218. The Bertz CT molecular complexity index is 1270. The van der Waals surface area contributed by atoms with Crippen molar-refractivity contribution in [2.24, 2.45) is 0 Å². The molecule has 0 saturated heterocycles. The fourth-order valence-corrected chi connectivity index (χ4v) is 3.11. The van der Waals surface area contributed by atoms with Gasteiger partial charge in [-0.25, -0.2) is 9.07 Å². The standard InChI is InChI=1S/C23H16F4N4O2/c24-19-8-1-2-9-20(19)31-21(23(25,26)27)18(13-29-31)22(32)30-16-6-3-7-17(11-16)33-14-15-5-4-10-28-12-15/h1-13H,14H2,(H,30,32). The van der Waals surface area contributed by atoms with Crippen molar-refractivity contribution < 1.29 is 27.1 Å². The third-order valence-electron chi connectivity index (χ3n) is 4.58. The lowest BCUT2D eigenvalue weighted by molar-refractivity contribution is -0.143. The molecule has 0 atom stereocenters. The lowest BCUT2D eigenvalue weighted by Crippen LogP contribution is -2.21. The van der Waals surface area contributed by atoms with Crippen LogP contribution in [0.25, 0.3) is 5.69 Å². The Morgan fingerprint density at radius 3 is 2.58 bits per heavy atom. The third-order valence-corrected chi connectivity index (χ3v) is 4.58. The molecule has 0 fully saturated rings. The molecule has 2 aromatic heterocycles. The normalized spacial score (nSPS) is 11.3. The summed E-state index contributed by atoms with van der Waals surface area (Å²) in [5.41, 5.74) is -1.51. The number of benzene rings is 2. The van der Waals surface area contributed by atoms with Crippen molar-refractivity contribution in [3.05, 3.63) is 102 Å². The summed E-state index contributed by atoms with van der Waals surface area (Å²) in [6, 6.07) is 14.6. The Labute approximate surface area is 185 Å². The lowest BCUT2D eigenvalue weighted by atomic mass is 10.2. The Morgan fingerprint density at radius 1 is 1.03 bits per heavy atom. The molecule has 4 aromatic rings. The minimum Gasteiger partial charge on any atom is -0.489 e. The zero-order valence-electron chi connectivity index (χ0n) is 16.9. The van der Waals surface area contributed by atoms with Crippen LogP contribution in [0.1, 0.15) is 21.6 Å². The lowest BCUT2D eigenvalue weighted by Gasteiger charge is -2.13. The molecule has 2 aromatic carbocycles. The maximum Gasteiger partial charge on any atom is 0.434 e. The molecule has 4 rings (SSSR count). The number of ether oxygens (including phenoxy) is 1. The van der Waals surface area contributed by atoms with Crippen molar-refractivity contribution in [2.45, 2.75) is 12.8 Å². The maximum atomic E-state index is 14.1. The van der Waals surface area contributed by atoms with Gasteiger partial charge in [-0.1, -0.05) is 24.3 Å². The smallest absolute Gasteiger partial charge is 0.434 e. The van der Waals surface area contributed by atoms with E-state index in [9.17, 15) is 22.4 Å². The van der Waals surface area contributed by atoms with Gasteiger partial charge in [0.2, 0.25) is 0 Å². The Balaban J connectivity index is 1.57. The van der Waals surface area contributed by atoms with Gasteiger partial charge in [-0.3, -0.25) is 9.78 Å². The topological polar surface area (TPSA) is 69.0 Å². The highest BCUT2D eigenvalue weighted by molar-refractivity contribution is 6.05. The van der Waals surface area contributed by atoms with Gasteiger partial charge in [-0.2, -0.15) is 18.3 Å². The van der Waals surface area contributed by atoms with Crippen LogP contribution in [0.4, 0.5) is 23.2 Å². The SMILES string of the molecule is O=C(Nc1cccc(OCc2cccnc2)c1)c1cnn(-c2ccccc2F)c1C(F)(F)F. The quantitative estimate of drug-likeness (QED) is 0.402. The van der Waals surface area contributed by atoms with Gasteiger partial charge in [0.05, 0.1) is 11.8 Å². The van der Waals surface area contributed by atoms with Gasteiger partial charge in [0.25, 0.3) is 5.91 Å². The highest BCUT2D eigenvalue weighted by atomic mass is 19.4. The fourth-order valence-electron chi connectivity index (χ4n) is 3.11. The second-order valence-electron chi connectivity index (χ2n) is 6.90. The van der Waals surface area contributed by atoms with Crippen LogP contribution in [0.3, 0.4) is 0 Å². The van der Waals surface area contributed by atoms with E-state index >= 15 is 0 Å². The second-order valence-corrected chi connectivity index (χ2v) is 6.90. The van der Waals surface area contributed by atoms with E-state index in [1.807, 2.05) is 6.07 Å². The van der Waals surface area contributed by atoms with E-state index < -0.39 is 34.8 Å². The summed E-state index contributed by atoms with van der Waals surface area (Å²) < 4.78 is 61.5. The molecule has 0 unspecified atom stereocenters. The number of anilines is 1. The predicted molar refractivity (Wildman–Crippen MR) is 111 cm³/mol. The van der Waals surface area contributed by atoms with Crippen LogP contribution in [0.15, 0.2) is 79.3 Å². The molecular weight excluding hydrogens is 440 g/mol. The first-order valence-corrected chi connectivity index (χ1v) is 9.66. The monoisotopic (exact) mass is 456 g/mol. The van der Waals surface area contributed by atoms with Crippen LogP contribution in [-0.4, -0.2) is 20.7 Å². The van der Waals surface area contributed by atoms with Gasteiger partial charge in [0.15, 0.2) is 5.69 Å². The van der Waals surface area contributed by atoms with E-state index in [0.29, 0.717) is 10.4 Å². The zero-order chi connectivity index (χ0) is 23.4. The van der Waals surface area contributed by atoms with Gasteiger partial charge in [-0.05, 0) is 30.3 Å². The first kappa shape index (κ1) is 22.0. The van der Waals surface area contributed by atoms with E-state index in [4.69, 9.17) is 4.74 Å². The highest BCUT2D eigenvalue weighted by Gasteiger charge is 2.41. The largest absolute Gasteiger partial charge is 0.489 e. The maximum absolute atomic E-state index is 14.1. The van der Waals surface area contributed by atoms with Crippen molar-refractivity contribution >= 4 is 11.6 Å². The van der Waals surface area contributed by atoms with Gasteiger partial charge < -0.3 is 10.1 Å². The number of nitrogens with zero attached hydrogens (tertiary/aromatic N) is 3. The first-order chi connectivity index (χ1) is 15.8. The molecule has 2 heterocycles. The molecule has 1 amide bonds. The number of rotatable bonds is 6. The summed E-state index contributed by atoms with van der Waals surface area (Å²) in [5.74, 6) is -1.56. The van der Waals surface area contributed by atoms with Crippen LogP contribution < -0.4 is 10.1 Å². The van der Waals surface area contributed by atoms with Crippen molar-refractivity contribution in [3.8, 4) is 11.4 Å². The number of carbonyl (C=O) groups is 1. The van der Waals surface area contributed by atoms with E-state index in [1.54, 1.807) is 30.6 Å². The second kappa shape index (κ2) is 9.11. The van der Waals surface area contributed by atoms with Gasteiger partial charge >= 0.3 is 6.18 Å². The van der Waals surface area contributed by atoms with Crippen LogP contribution >= 0.6 is 0 Å². The van der Waals surface area contributed by atoms with Crippen molar-refractivity contribution in [1.82, 2.24) is 14.8 Å². The number of pyridine rings is 1. The number of aromatic nitrogens is 3. The van der Waals surface area contributed by atoms with Gasteiger partial charge in [-0.15, -0.1) is 0 Å². The van der Waals surface area contributed by atoms with E-state index in [1.165, 1.54) is 24.3 Å². The van der Waals surface area contributed by atoms with Crippen LogP contribution in [-0.2, 0) is 12.8 Å². The molecule has 0 bridgehead atoms. The summed E-state index contributed by atoms with van der Waals surface area (Å²) in [6.07, 6.45) is -0.936. The van der Waals surface area contributed by atoms with Crippen molar-refractivity contribution in [2.75, 3.05) is 5.32 Å². The molecule has 0 aliphatic rings. The Hall–Kier alpha value is -4.21. The summed E-state index contributed by atoms with van der Waals surface area (Å²) in [7, 11) is 0. The first-order valence-electron chi connectivity index (χ1n) is 9.66. The number of halogens is 4. The third kappa shape index (κ3) is 5.00. The summed E-state index contributed by atoms with van der Waals surface area (Å²) in [5, 5.41) is 6.03. The average Bonchev–Trinajstić information content (AvgIpc) is 3.25. The number of carbonyl (C=O) groups excluding carboxylic acids is 1. The summed E-state index contributed by atoms with van der Waals surface area (Å²) in [4.78, 5) is 16.7. The number of hydrogen-bond donors (Lipinski definition) is 1. The zero-order valence-corrected chi connectivity index (χ0v) is 16.9. The fraction of sp³-hybridized carbons (Fsp3) is 0.0870. The number of para-hydroxylation sites is 1. The molecule has 10 heteroatoms. The van der Waals surface area contributed by atoms with Crippen LogP contribution in [0.2, 0.25) is 0 Å². The number of nitrogens with one attached hydrogen (secondary N) is 1.